The third-order valence-corrected chi connectivity index (χ3v) is 1.98. The second kappa shape index (κ2) is 7.89. The Labute approximate surface area is 121 Å². The van der Waals surface area contributed by atoms with Crippen molar-refractivity contribution in [3.05, 3.63) is 35.4 Å². The van der Waals surface area contributed by atoms with Crippen LogP contribution in [0.5, 0.6) is 11.5 Å². The first kappa shape index (κ1) is 18.4. The Kier molecular flexibility index (Phi) is 6.61. The molecule has 1 aromatic carbocycles. The fourth-order valence-electron chi connectivity index (χ4n) is 1.07. The molecule has 0 heterocycles. The van der Waals surface area contributed by atoms with Crippen molar-refractivity contribution in [1.29, 1.82) is 0 Å². The largest absolute Gasteiger partial charge is 0.504 e. The minimum absolute atomic E-state index is 0.549. The van der Waals surface area contributed by atoms with E-state index in [9.17, 15) is 19.2 Å². The summed E-state index contributed by atoms with van der Waals surface area (Å²) in [6.45, 7) is 0. The number of phenols is 2. The molecule has 10 heteroatoms. The molecule has 0 amide bonds. The lowest BCUT2D eigenvalue weighted by atomic mass is 10.1. The maximum atomic E-state index is 10.4. The van der Waals surface area contributed by atoms with Crippen LogP contribution in [0.2, 0.25) is 0 Å². The molecule has 22 heavy (non-hydrogen) atoms. The third kappa shape index (κ3) is 5.61. The van der Waals surface area contributed by atoms with Gasteiger partial charge in [0.05, 0.1) is 0 Å². The first-order valence-electron chi connectivity index (χ1n) is 5.23. The van der Waals surface area contributed by atoms with E-state index in [-0.39, 0.29) is 0 Å². The predicted molar refractivity (Wildman–Crippen MR) is 68.1 cm³/mol. The van der Waals surface area contributed by atoms with Gasteiger partial charge in [0.2, 0.25) is 0 Å². The van der Waals surface area contributed by atoms with Gasteiger partial charge in [-0.3, -0.25) is 0 Å². The van der Waals surface area contributed by atoms with Gasteiger partial charge in [-0.25, -0.2) is 19.2 Å². The molecule has 0 fully saturated rings. The topological polar surface area (TPSA) is 190 Å². The molecule has 0 spiro atoms. The highest BCUT2D eigenvalue weighted by Crippen LogP contribution is 2.32. The maximum Gasteiger partial charge on any atom is 0.339 e. The lowest BCUT2D eigenvalue weighted by molar-refractivity contribution is -0.134. The smallest absolute Gasteiger partial charge is 0.339 e. The monoisotopic (exact) mass is 314 g/mol. The van der Waals surface area contributed by atoms with Crippen molar-refractivity contribution in [3.63, 3.8) is 0 Å². The zero-order valence-electron chi connectivity index (χ0n) is 10.6. The molecule has 0 aliphatic heterocycles. The molecule has 0 unspecified atom stereocenters. The Bertz CT molecular complexity index is 589. The molecule has 0 aliphatic rings. The van der Waals surface area contributed by atoms with E-state index in [4.69, 9.17) is 30.6 Å². The quantitative estimate of drug-likeness (QED) is 0.330. The van der Waals surface area contributed by atoms with Crippen molar-refractivity contribution < 1.29 is 49.8 Å². The Hall–Kier alpha value is -3.56. The molecule has 0 bridgehead atoms. The standard InChI is InChI=1S/C8H6O6.C4H4O4/c9-5-3(7(11)12)1-2-4(6(5)10)8(13)14;5-3(6)1-2-4(7)8/h1-2,9-10H,(H,11,12)(H,13,14);1-2H,(H,5,6)(H,7,8)/b;2-1+. The summed E-state index contributed by atoms with van der Waals surface area (Å²) in [7, 11) is 0. The van der Waals surface area contributed by atoms with Gasteiger partial charge in [0, 0.05) is 12.2 Å². The average molecular weight is 314 g/mol. The van der Waals surface area contributed by atoms with Crippen LogP contribution in [-0.4, -0.2) is 54.5 Å². The summed E-state index contributed by atoms with van der Waals surface area (Å²) in [4.78, 5) is 40.0. The summed E-state index contributed by atoms with van der Waals surface area (Å²) in [5.74, 6) is -7.31. The lowest BCUT2D eigenvalue weighted by Gasteiger charge is -2.04. The average Bonchev–Trinajstić information content (AvgIpc) is 2.39. The molecular weight excluding hydrogens is 304 g/mol. The van der Waals surface area contributed by atoms with Crippen LogP contribution in [0.25, 0.3) is 0 Å². The fraction of sp³-hybridized carbons (Fsp3) is 0. The molecule has 0 aromatic heterocycles. The number of carboxylic acids is 4. The number of hydrogen-bond acceptors (Lipinski definition) is 6. The SMILES string of the molecule is O=C(O)/C=C/C(=O)O.O=C(O)c1ccc(C(=O)O)c(O)c1O. The van der Waals surface area contributed by atoms with Gasteiger partial charge < -0.3 is 30.6 Å². The number of aromatic carboxylic acids is 2. The Morgan fingerprint density at radius 1 is 0.682 bits per heavy atom. The fourth-order valence-corrected chi connectivity index (χ4v) is 1.07. The summed E-state index contributed by atoms with van der Waals surface area (Å²) < 4.78 is 0. The molecule has 0 saturated heterocycles. The van der Waals surface area contributed by atoms with Crippen molar-refractivity contribution in [2.75, 3.05) is 0 Å². The molecule has 10 nitrogen and oxygen atoms in total. The number of carboxylic acid groups (broad SMARTS) is 4. The Morgan fingerprint density at radius 2 is 0.955 bits per heavy atom. The van der Waals surface area contributed by atoms with Crippen LogP contribution in [0, 0.1) is 0 Å². The number of benzene rings is 1. The molecular formula is C12H10O10. The molecule has 1 aromatic rings. The molecule has 0 radical (unpaired) electrons. The van der Waals surface area contributed by atoms with Crippen LogP contribution in [0.3, 0.4) is 0 Å². The van der Waals surface area contributed by atoms with E-state index in [1.807, 2.05) is 0 Å². The highest BCUT2D eigenvalue weighted by molar-refractivity contribution is 5.97. The zero-order chi connectivity index (χ0) is 17.4. The highest BCUT2D eigenvalue weighted by atomic mass is 16.4. The summed E-state index contributed by atoms with van der Waals surface area (Å²) in [5, 5.41) is 50.8. The molecule has 0 aliphatic carbocycles. The van der Waals surface area contributed by atoms with E-state index >= 15 is 0 Å². The van der Waals surface area contributed by atoms with Crippen molar-refractivity contribution in [2.24, 2.45) is 0 Å². The molecule has 0 saturated carbocycles. The third-order valence-electron chi connectivity index (χ3n) is 1.98. The number of carbonyl (C=O) groups is 4. The molecule has 1 rings (SSSR count). The zero-order valence-corrected chi connectivity index (χ0v) is 10.6. The van der Waals surface area contributed by atoms with E-state index in [1.54, 1.807) is 0 Å². The summed E-state index contributed by atoms with van der Waals surface area (Å²) in [6.07, 6.45) is 1.12. The van der Waals surface area contributed by atoms with Crippen LogP contribution < -0.4 is 0 Å². The lowest BCUT2D eigenvalue weighted by Crippen LogP contribution is -2.01. The van der Waals surface area contributed by atoms with Gasteiger partial charge in [0.25, 0.3) is 0 Å². The Balaban J connectivity index is 0.000000472. The van der Waals surface area contributed by atoms with E-state index in [0.717, 1.165) is 12.1 Å². The van der Waals surface area contributed by atoms with Crippen molar-refractivity contribution >= 4 is 23.9 Å². The van der Waals surface area contributed by atoms with E-state index in [2.05, 4.69) is 0 Å². The van der Waals surface area contributed by atoms with Crippen molar-refractivity contribution in [1.82, 2.24) is 0 Å². The highest BCUT2D eigenvalue weighted by Gasteiger charge is 2.19. The van der Waals surface area contributed by atoms with Gasteiger partial charge in [-0.05, 0) is 12.1 Å². The van der Waals surface area contributed by atoms with Crippen LogP contribution in [0.4, 0.5) is 0 Å². The van der Waals surface area contributed by atoms with Gasteiger partial charge in [-0.2, -0.15) is 0 Å². The van der Waals surface area contributed by atoms with Gasteiger partial charge in [-0.1, -0.05) is 0 Å². The minimum Gasteiger partial charge on any atom is -0.504 e. The first-order valence-corrected chi connectivity index (χ1v) is 5.23. The first-order chi connectivity index (χ1) is 10.1. The molecule has 118 valence electrons. The second-order valence-corrected chi connectivity index (χ2v) is 3.48. The molecule has 0 atom stereocenters. The van der Waals surface area contributed by atoms with Crippen LogP contribution >= 0.6 is 0 Å². The summed E-state index contributed by atoms with van der Waals surface area (Å²) >= 11 is 0. The van der Waals surface area contributed by atoms with E-state index in [0.29, 0.717) is 12.2 Å². The van der Waals surface area contributed by atoms with Gasteiger partial charge in [0.15, 0.2) is 11.5 Å². The normalized spacial score (nSPS) is 9.64. The summed E-state index contributed by atoms with van der Waals surface area (Å²) in [6, 6.07) is 1.81. The van der Waals surface area contributed by atoms with Gasteiger partial charge in [0.1, 0.15) is 11.1 Å². The number of aromatic hydroxyl groups is 2. The number of rotatable bonds is 4. The predicted octanol–water partition coefficient (Wildman–Crippen LogP) is 0.206. The number of aliphatic carboxylic acids is 2. The van der Waals surface area contributed by atoms with Crippen LogP contribution in [-0.2, 0) is 9.59 Å². The van der Waals surface area contributed by atoms with Gasteiger partial charge in [-0.15, -0.1) is 0 Å². The number of hydrogen-bond donors (Lipinski definition) is 6. The van der Waals surface area contributed by atoms with E-state index < -0.39 is 46.5 Å². The molecule has 6 N–H and O–H groups in total. The van der Waals surface area contributed by atoms with Gasteiger partial charge >= 0.3 is 23.9 Å². The Morgan fingerprint density at radius 3 is 1.14 bits per heavy atom. The second-order valence-electron chi connectivity index (χ2n) is 3.48. The maximum absolute atomic E-state index is 10.4. The van der Waals surface area contributed by atoms with Crippen molar-refractivity contribution in [2.45, 2.75) is 0 Å². The van der Waals surface area contributed by atoms with E-state index in [1.165, 1.54) is 0 Å². The summed E-state index contributed by atoms with van der Waals surface area (Å²) in [5.41, 5.74) is -1.10. The minimum atomic E-state index is -1.45. The van der Waals surface area contributed by atoms with Crippen molar-refractivity contribution in [3.8, 4) is 11.5 Å². The van der Waals surface area contributed by atoms with Crippen LogP contribution in [0.15, 0.2) is 24.3 Å². The van der Waals surface area contributed by atoms with Crippen LogP contribution in [0.1, 0.15) is 20.7 Å².